The molecule has 1 N–H and O–H groups in total. The van der Waals surface area contributed by atoms with Crippen molar-refractivity contribution >= 4 is 22.6 Å². The second kappa shape index (κ2) is 8.22. The van der Waals surface area contributed by atoms with Crippen molar-refractivity contribution < 1.29 is 13.6 Å². The molecule has 2 aliphatic rings. The highest BCUT2D eigenvalue weighted by atomic mass is 19.2. The van der Waals surface area contributed by atoms with E-state index in [0.717, 1.165) is 41.5 Å². The van der Waals surface area contributed by atoms with Crippen LogP contribution in [-0.2, 0) is 4.79 Å². The van der Waals surface area contributed by atoms with Gasteiger partial charge < -0.3 is 9.88 Å². The van der Waals surface area contributed by atoms with Crippen molar-refractivity contribution in [1.82, 2.24) is 19.5 Å². The molecule has 35 heavy (non-hydrogen) atoms. The van der Waals surface area contributed by atoms with Gasteiger partial charge in [-0.25, -0.2) is 23.7 Å². The van der Waals surface area contributed by atoms with Crippen molar-refractivity contribution in [1.29, 1.82) is 0 Å². The largest absolute Gasteiger partial charge is 0.327 e. The third-order valence-corrected chi connectivity index (χ3v) is 7.75. The van der Waals surface area contributed by atoms with E-state index in [9.17, 15) is 13.6 Å². The van der Waals surface area contributed by atoms with Gasteiger partial charge in [0.05, 0.1) is 17.4 Å². The molecule has 8 heteroatoms. The molecule has 6 rings (SSSR count). The maximum absolute atomic E-state index is 13.8. The molecule has 4 aromatic rings. The van der Waals surface area contributed by atoms with Gasteiger partial charge in [0.1, 0.15) is 5.82 Å². The summed E-state index contributed by atoms with van der Waals surface area (Å²) in [5.41, 5.74) is 3.78. The number of fused-ring (bicyclic) bond motifs is 2. The number of hydrogen-bond acceptors (Lipinski definition) is 4. The molecule has 0 spiro atoms. The molecule has 1 amide bonds. The Morgan fingerprint density at radius 3 is 2.34 bits per heavy atom. The van der Waals surface area contributed by atoms with Crippen LogP contribution in [0.3, 0.4) is 0 Å². The lowest BCUT2D eigenvalue weighted by Crippen LogP contribution is -2.24. The van der Waals surface area contributed by atoms with E-state index in [1.165, 1.54) is 6.07 Å². The predicted molar refractivity (Wildman–Crippen MR) is 128 cm³/mol. The topological polar surface area (TPSA) is 72.7 Å². The Kier molecular flexibility index (Phi) is 5.12. The SMILES string of the molecule is Cc1ncc(-c2ccc(NC(=O)[C@@H](C)C3[C@H]4CC(n5cnc6cc(F)c(F)cc65)C[C@@H]34)cc2)cn1. The molecule has 0 bridgehead atoms. The Morgan fingerprint density at radius 2 is 1.66 bits per heavy atom. The maximum atomic E-state index is 13.8. The fraction of sp³-hybridized carbons (Fsp3) is 0.333. The van der Waals surface area contributed by atoms with E-state index < -0.39 is 11.6 Å². The fourth-order valence-corrected chi connectivity index (χ4v) is 5.86. The summed E-state index contributed by atoms with van der Waals surface area (Å²) in [5.74, 6) is 0.200. The van der Waals surface area contributed by atoms with Gasteiger partial charge in [-0.2, -0.15) is 0 Å². The zero-order valence-electron chi connectivity index (χ0n) is 19.5. The Balaban J connectivity index is 1.08. The lowest BCUT2D eigenvalue weighted by molar-refractivity contribution is -0.120. The summed E-state index contributed by atoms with van der Waals surface area (Å²) in [6.07, 6.45) is 7.10. The Bertz CT molecular complexity index is 1400. The van der Waals surface area contributed by atoms with Gasteiger partial charge in [0.25, 0.3) is 0 Å². The van der Waals surface area contributed by atoms with Gasteiger partial charge in [-0.1, -0.05) is 19.1 Å². The highest BCUT2D eigenvalue weighted by Crippen LogP contribution is 2.64. The van der Waals surface area contributed by atoms with Gasteiger partial charge in [0.2, 0.25) is 5.91 Å². The molecular weight excluding hydrogens is 448 g/mol. The number of anilines is 1. The van der Waals surface area contributed by atoms with E-state index in [1.807, 2.05) is 42.7 Å². The third-order valence-electron chi connectivity index (χ3n) is 7.75. The number of carbonyl (C=O) groups is 1. The van der Waals surface area contributed by atoms with Crippen LogP contribution in [0.4, 0.5) is 14.5 Å². The predicted octanol–water partition coefficient (Wildman–Crippen LogP) is 5.55. The number of nitrogens with zero attached hydrogens (tertiary/aromatic N) is 4. The van der Waals surface area contributed by atoms with Crippen molar-refractivity contribution in [3.05, 3.63) is 72.6 Å². The first kappa shape index (κ1) is 21.8. The van der Waals surface area contributed by atoms with Crippen LogP contribution in [-0.4, -0.2) is 25.4 Å². The van der Waals surface area contributed by atoms with Crippen LogP contribution in [0.15, 0.2) is 55.1 Å². The molecular formula is C27H25F2N5O. The zero-order chi connectivity index (χ0) is 24.3. The van der Waals surface area contributed by atoms with Gasteiger partial charge in [-0.3, -0.25) is 4.79 Å². The number of carbonyl (C=O) groups excluding carboxylic acids is 1. The number of amides is 1. The molecule has 5 atom stereocenters. The van der Waals surface area contributed by atoms with E-state index in [2.05, 4.69) is 20.3 Å². The number of hydrogen-bond donors (Lipinski definition) is 1. The van der Waals surface area contributed by atoms with Gasteiger partial charge in [-0.15, -0.1) is 0 Å². The number of halogens is 2. The summed E-state index contributed by atoms with van der Waals surface area (Å²) in [4.78, 5) is 25.7. The highest BCUT2D eigenvalue weighted by Gasteiger charge is 2.59. The lowest BCUT2D eigenvalue weighted by atomic mass is 9.96. The van der Waals surface area contributed by atoms with Crippen molar-refractivity contribution in [2.24, 2.45) is 23.7 Å². The minimum absolute atomic E-state index is 0.0259. The smallest absolute Gasteiger partial charge is 0.227 e. The number of benzene rings is 2. The molecule has 6 nitrogen and oxygen atoms in total. The van der Waals surface area contributed by atoms with Crippen LogP contribution in [0, 0.1) is 42.2 Å². The molecule has 2 aliphatic carbocycles. The molecule has 2 fully saturated rings. The van der Waals surface area contributed by atoms with Crippen LogP contribution < -0.4 is 5.32 Å². The molecule has 2 saturated carbocycles. The summed E-state index contributed by atoms with van der Waals surface area (Å²) >= 11 is 0. The van der Waals surface area contributed by atoms with Gasteiger partial charge >= 0.3 is 0 Å². The number of nitrogens with one attached hydrogen (secondary N) is 1. The number of aryl methyl sites for hydroxylation is 1. The Hall–Kier alpha value is -3.68. The summed E-state index contributed by atoms with van der Waals surface area (Å²) in [5, 5.41) is 3.05. The first-order chi connectivity index (χ1) is 16.9. The minimum Gasteiger partial charge on any atom is -0.327 e. The van der Waals surface area contributed by atoms with Gasteiger partial charge in [0.15, 0.2) is 11.6 Å². The second-order valence-electron chi connectivity index (χ2n) is 9.81. The van der Waals surface area contributed by atoms with Crippen LogP contribution >= 0.6 is 0 Å². The van der Waals surface area contributed by atoms with Crippen LogP contribution in [0.1, 0.15) is 31.6 Å². The summed E-state index contributed by atoms with van der Waals surface area (Å²) in [6, 6.07) is 10.3. The number of rotatable bonds is 5. The summed E-state index contributed by atoms with van der Waals surface area (Å²) < 4.78 is 29.3. The van der Waals surface area contributed by atoms with Crippen LogP contribution in [0.2, 0.25) is 0 Å². The third kappa shape index (κ3) is 3.87. The quantitative estimate of drug-likeness (QED) is 0.412. The Labute approximate surface area is 201 Å². The van der Waals surface area contributed by atoms with E-state index in [-0.39, 0.29) is 17.9 Å². The highest BCUT2D eigenvalue weighted by molar-refractivity contribution is 5.93. The van der Waals surface area contributed by atoms with Crippen molar-refractivity contribution in [2.45, 2.75) is 32.7 Å². The minimum atomic E-state index is -0.879. The molecule has 2 heterocycles. The molecule has 178 valence electrons. The molecule has 2 unspecified atom stereocenters. The maximum Gasteiger partial charge on any atom is 0.227 e. The van der Waals surface area contributed by atoms with Crippen molar-refractivity contribution in [3.63, 3.8) is 0 Å². The number of imidazole rings is 1. The van der Waals surface area contributed by atoms with Gasteiger partial charge in [-0.05, 0) is 55.2 Å². The molecule has 0 saturated heterocycles. The summed E-state index contributed by atoms with van der Waals surface area (Å²) in [7, 11) is 0. The average Bonchev–Trinajstić information content (AvgIpc) is 3.15. The zero-order valence-corrected chi connectivity index (χ0v) is 19.5. The Morgan fingerprint density at radius 1 is 1.00 bits per heavy atom. The number of aromatic nitrogens is 4. The standard InChI is InChI=1S/C27H25F2N5O/c1-14(27(35)33-18-5-3-16(4-6-18)17-11-30-15(2)31-12-17)26-20-7-19(8-21(20)26)34-13-32-24-9-22(28)23(29)10-25(24)34/h3-6,9-14,19-21,26H,7-8H2,1-2H3,(H,33,35)/t14-,19?,20-,21+,26?/m0/s1. The second-order valence-corrected chi connectivity index (χ2v) is 9.81. The molecule has 2 aromatic heterocycles. The lowest BCUT2D eigenvalue weighted by Gasteiger charge is -2.20. The van der Waals surface area contributed by atoms with Crippen LogP contribution in [0.25, 0.3) is 22.2 Å². The average molecular weight is 474 g/mol. The van der Waals surface area contributed by atoms with Crippen molar-refractivity contribution in [3.8, 4) is 11.1 Å². The monoisotopic (exact) mass is 473 g/mol. The molecule has 2 aromatic carbocycles. The van der Waals surface area contributed by atoms with E-state index in [4.69, 9.17) is 0 Å². The normalized spacial score (nSPS) is 23.8. The summed E-state index contributed by atoms with van der Waals surface area (Å²) in [6.45, 7) is 3.84. The van der Waals surface area contributed by atoms with E-state index >= 15 is 0 Å². The molecule has 0 radical (unpaired) electrons. The van der Waals surface area contributed by atoms with Crippen molar-refractivity contribution in [2.75, 3.05) is 5.32 Å². The van der Waals surface area contributed by atoms with E-state index in [0.29, 0.717) is 28.8 Å². The first-order valence-electron chi connectivity index (χ1n) is 11.9. The first-order valence-corrected chi connectivity index (χ1v) is 11.9. The van der Waals surface area contributed by atoms with Crippen LogP contribution in [0.5, 0.6) is 0 Å². The fourth-order valence-electron chi connectivity index (χ4n) is 5.86. The molecule has 0 aliphatic heterocycles. The van der Waals surface area contributed by atoms with Gasteiger partial charge in [0, 0.05) is 47.7 Å². The van der Waals surface area contributed by atoms with E-state index in [1.54, 1.807) is 18.7 Å².